The number of hydrogen-bond acceptors (Lipinski definition) is 3. The van der Waals surface area contributed by atoms with Crippen LogP contribution in [0.4, 0.5) is 0 Å². The smallest absolute Gasteiger partial charge is 0.305 e. The summed E-state index contributed by atoms with van der Waals surface area (Å²) in [5.74, 6) is -0.687. The summed E-state index contributed by atoms with van der Waals surface area (Å²) in [6, 6.07) is 0.410. The Morgan fingerprint density at radius 1 is 1.41 bits per heavy atom. The molecule has 0 radical (unpaired) electrons. The van der Waals surface area contributed by atoms with Crippen LogP contribution in [0.25, 0.3) is 0 Å². The van der Waals surface area contributed by atoms with Crippen LogP contribution >= 0.6 is 0 Å². The Kier molecular flexibility index (Phi) is 5.40. The van der Waals surface area contributed by atoms with Gasteiger partial charge in [0, 0.05) is 19.1 Å². The lowest BCUT2D eigenvalue weighted by atomic mass is 9.85. The molecule has 0 aromatic heterocycles. The Hall–Kier alpha value is -0.610. The van der Waals surface area contributed by atoms with E-state index in [-0.39, 0.29) is 12.0 Å². The third kappa shape index (κ3) is 3.68. The van der Waals surface area contributed by atoms with Crippen LogP contribution in [0, 0.1) is 0 Å². The number of carboxylic acids is 1. The lowest BCUT2D eigenvalue weighted by Gasteiger charge is -2.52. The fourth-order valence-electron chi connectivity index (χ4n) is 2.70. The van der Waals surface area contributed by atoms with Gasteiger partial charge < -0.3 is 10.4 Å². The molecule has 0 unspecified atom stereocenters. The monoisotopic (exact) mass is 242 g/mol. The van der Waals surface area contributed by atoms with Gasteiger partial charge in [-0.1, -0.05) is 19.8 Å². The molecule has 4 nitrogen and oxygen atoms in total. The van der Waals surface area contributed by atoms with Gasteiger partial charge in [0.25, 0.3) is 0 Å². The number of hydrogen-bond donors (Lipinski definition) is 2. The summed E-state index contributed by atoms with van der Waals surface area (Å²) in [5.41, 5.74) is -0.145. The van der Waals surface area contributed by atoms with Crippen LogP contribution in [0.3, 0.4) is 0 Å². The van der Waals surface area contributed by atoms with E-state index in [1.54, 1.807) is 0 Å². The molecule has 0 saturated carbocycles. The number of carbonyl (C=O) groups is 1. The first-order valence-electron chi connectivity index (χ1n) is 6.71. The molecule has 0 aromatic carbocycles. The predicted molar refractivity (Wildman–Crippen MR) is 69.2 cm³/mol. The summed E-state index contributed by atoms with van der Waals surface area (Å²) in [4.78, 5) is 13.4. The Labute approximate surface area is 104 Å². The molecule has 0 bridgehead atoms. The summed E-state index contributed by atoms with van der Waals surface area (Å²) >= 11 is 0. The zero-order valence-electron chi connectivity index (χ0n) is 11.3. The normalized spacial score (nSPS) is 18.4. The van der Waals surface area contributed by atoms with Crippen LogP contribution in [0.2, 0.25) is 0 Å². The van der Waals surface area contributed by atoms with Gasteiger partial charge in [-0.05, 0) is 26.8 Å². The van der Waals surface area contributed by atoms with Crippen molar-refractivity contribution < 1.29 is 9.90 Å². The van der Waals surface area contributed by atoms with E-state index >= 15 is 0 Å². The minimum absolute atomic E-state index is 0.145. The van der Waals surface area contributed by atoms with Crippen LogP contribution < -0.4 is 5.32 Å². The molecule has 1 rings (SSSR count). The average molecular weight is 242 g/mol. The standard InChI is InChI=1S/C13H26N2O2/c1-4-5-6-7-15(11(2)3)13(8-12(16)17)9-14-10-13/h11,14H,4-10H2,1-3H3,(H,16,17). The maximum absolute atomic E-state index is 11.0. The molecular weight excluding hydrogens is 216 g/mol. The van der Waals surface area contributed by atoms with Crippen LogP contribution in [-0.2, 0) is 4.79 Å². The molecule has 1 heterocycles. The summed E-state index contributed by atoms with van der Waals surface area (Å²) in [6.45, 7) is 9.15. The molecule has 4 heteroatoms. The van der Waals surface area contributed by atoms with Crippen LogP contribution in [0.15, 0.2) is 0 Å². The van der Waals surface area contributed by atoms with E-state index in [1.807, 2.05) is 0 Å². The zero-order chi connectivity index (χ0) is 12.9. The van der Waals surface area contributed by atoms with E-state index in [0.717, 1.165) is 26.1 Å². The molecule has 0 aliphatic carbocycles. The topological polar surface area (TPSA) is 52.6 Å². The van der Waals surface area contributed by atoms with Crippen molar-refractivity contribution in [2.24, 2.45) is 0 Å². The van der Waals surface area contributed by atoms with Crippen molar-refractivity contribution in [3.63, 3.8) is 0 Å². The van der Waals surface area contributed by atoms with Crippen molar-refractivity contribution in [1.29, 1.82) is 0 Å². The van der Waals surface area contributed by atoms with Gasteiger partial charge in [0.1, 0.15) is 0 Å². The summed E-state index contributed by atoms with van der Waals surface area (Å²) < 4.78 is 0. The number of rotatable bonds is 8. The van der Waals surface area contributed by atoms with Gasteiger partial charge in [0.15, 0.2) is 0 Å². The fourth-order valence-corrected chi connectivity index (χ4v) is 2.70. The van der Waals surface area contributed by atoms with Gasteiger partial charge in [0.2, 0.25) is 0 Å². The highest BCUT2D eigenvalue weighted by Crippen LogP contribution is 2.27. The maximum Gasteiger partial charge on any atom is 0.305 e. The molecule has 17 heavy (non-hydrogen) atoms. The third-order valence-electron chi connectivity index (χ3n) is 3.62. The van der Waals surface area contributed by atoms with Crippen molar-refractivity contribution in [1.82, 2.24) is 10.2 Å². The van der Waals surface area contributed by atoms with E-state index in [2.05, 4.69) is 31.0 Å². The van der Waals surface area contributed by atoms with Gasteiger partial charge in [-0.3, -0.25) is 9.69 Å². The van der Waals surface area contributed by atoms with Crippen molar-refractivity contribution in [2.75, 3.05) is 19.6 Å². The highest BCUT2D eigenvalue weighted by Gasteiger charge is 2.44. The highest BCUT2D eigenvalue weighted by molar-refractivity contribution is 5.68. The summed E-state index contributed by atoms with van der Waals surface area (Å²) in [6.07, 6.45) is 3.84. The van der Waals surface area contributed by atoms with E-state index in [4.69, 9.17) is 5.11 Å². The molecule has 0 atom stereocenters. The lowest BCUT2D eigenvalue weighted by molar-refractivity contribution is -0.142. The van der Waals surface area contributed by atoms with Gasteiger partial charge in [-0.2, -0.15) is 0 Å². The molecule has 0 amide bonds. The maximum atomic E-state index is 11.0. The number of nitrogens with zero attached hydrogens (tertiary/aromatic N) is 1. The molecule has 2 N–H and O–H groups in total. The largest absolute Gasteiger partial charge is 0.481 e. The summed E-state index contributed by atoms with van der Waals surface area (Å²) in [7, 11) is 0. The van der Waals surface area contributed by atoms with Gasteiger partial charge >= 0.3 is 5.97 Å². The first-order valence-corrected chi connectivity index (χ1v) is 6.71. The first-order chi connectivity index (χ1) is 8.02. The third-order valence-corrected chi connectivity index (χ3v) is 3.62. The average Bonchev–Trinajstić information content (AvgIpc) is 2.18. The van der Waals surface area contributed by atoms with E-state index < -0.39 is 5.97 Å². The van der Waals surface area contributed by atoms with Crippen molar-refractivity contribution in [3.05, 3.63) is 0 Å². The Balaban J connectivity index is 2.62. The second-order valence-corrected chi connectivity index (χ2v) is 5.39. The first kappa shape index (κ1) is 14.5. The van der Waals surface area contributed by atoms with Crippen LogP contribution in [0.1, 0.15) is 46.5 Å². The fraction of sp³-hybridized carbons (Fsp3) is 0.923. The SMILES string of the molecule is CCCCCN(C(C)C)C1(CC(=O)O)CNC1. The van der Waals surface area contributed by atoms with Crippen molar-refractivity contribution in [2.45, 2.75) is 58.0 Å². The molecular formula is C13H26N2O2. The number of aliphatic carboxylic acids is 1. The summed E-state index contributed by atoms with van der Waals surface area (Å²) in [5, 5.41) is 12.3. The number of carboxylic acid groups (broad SMARTS) is 1. The Morgan fingerprint density at radius 3 is 2.41 bits per heavy atom. The zero-order valence-corrected chi connectivity index (χ0v) is 11.3. The second kappa shape index (κ2) is 6.36. The molecule has 1 aliphatic heterocycles. The lowest BCUT2D eigenvalue weighted by Crippen LogP contribution is -2.71. The Bertz CT molecular complexity index is 250. The quantitative estimate of drug-likeness (QED) is 0.636. The van der Waals surface area contributed by atoms with Gasteiger partial charge in [-0.25, -0.2) is 0 Å². The van der Waals surface area contributed by atoms with Crippen LogP contribution in [-0.4, -0.2) is 47.2 Å². The van der Waals surface area contributed by atoms with Gasteiger partial charge in [0.05, 0.1) is 12.0 Å². The number of unbranched alkanes of at least 4 members (excludes halogenated alkanes) is 2. The molecule has 0 aromatic rings. The molecule has 0 spiro atoms. The molecule has 1 aliphatic rings. The van der Waals surface area contributed by atoms with Crippen molar-refractivity contribution in [3.8, 4) is 0 Å². The number of nitrogens with one attached hydrogen (secondary N) is 1. The Morgan fingerprint density at radius 2 is 2.06 bits per heavy atom. The molecule has 100 valence electrons. The molecule has 1 fully saturated rings. The van der Waals surface area contributed by atoms with Crippen LogP contribution in [0.5, 0.6) is 0 Å². The minimum Gasteiger partial charge on any atom is -0.481 e. The predicted octanol–water partition coefficient (Wildman–Crippen LogP) is 1.70. The second-order valence-electron chi connectivity index (χ2n) is 5.39. The van der Waals surface area contributed by atoms with Gasteiger partial charge in [-0.15, -0.1) is 0 Å². The van der Waals surface area contributed by atoms with E-state index in [1.165, 1.54) is 12.8 Å². The highest BCUT2D eigenvalue weighted by atomic mass is 16.4. The van der Waals surface area contributed by atoms with Crippen molar-refractivity contribution >= 4 is 5.97 Å². The minimum atomic E-state index is -0.687. The van der Waals surface area contributed by atoms with E-state index in [9.17, 15) is 4.79 Å². The molecule has 1 saturated heterocycles. The van der Waals surface area contributed by atoms with E-state index in [0.29, 0.717) is 6.04 Å².